The molecule has 112 valence electrons. The zero-order valence-corrected chi connectivity index (χ0v) is 12.3. The summed E-state index contributed by atoms with van der Waals surface area (Å²) in [6.45, 7) is 3.45. The van der Waals surface area contributed by atoms with Crippen LogP contribution >= 0.6 is 0 Å². The Labute approximate surface area is 125 Å². The number of hydrogen-bond donors (Lipinski definition) is 2. The van der Waals surface area contributed by atoms with Crippen LogP contribution < -0.4 is 10.1 Å². The molecule has 2 N–H and O–H groups in total. The van der Waals surface area contributed by atoms with E-state index < -0.39 is 0 Å². The molecule has 0 saturated heterocycles. The molecule has 0 aliphatic rings. The summed E-state index contributed by atoms with van der Waals surface area (Å²) in [5.74, 6) is 0.832. The minimum Gasteiger partial charge on any atom is -0.487 e. The minimum absolute atomic E-state index is 0.157. The van der Waals surface area contributed by atoms with E-state index in [1.165, 1.54) is 5.56 Å². The lowest BCUT2D eigenvalue weighted by Crippen LogP contribution is -2.31. The molecule has 1 heterocycles. The van der Waals surface area contributed by atoms with E-state index in [0.717, 1.165) is 24.4 Å². The second-order valence-corrected chi connectivity index (χ2v) is 4.92. The van der Waals surface area contributed by atoms with E-state index in [1.54, 1.807) is 6.20 Å². The lowest BCUT2D eigenvalue weighted by Gasteiger charge is -2.14. The van der Waals surface area contributed by atoms with Crippen molar-refractivity contribution < 1.29 is 9.84 Å². The second-order valence-electron chi connectivity index (χ2n) is 4.92. The number of hydrogen-bond acceptors (Lipinski definition) is 4. The van der Waals surface area contributed by atoms with Crippen molar-refractivity contribution in [2.24, 2.45) is 0 Å². The standard InChI is InChI=1S/C17H22N2O2/c1-2-15(12-20)19-11-14-6-8-17(9-7-14)21-13-16-5-3-4-10-18-16/h3-10,15,19-20H,2,11-13H2,1H3. The number of rotatable bonds is 8. The quantitative estimate of drug-likeness (QED) is 0.783. The van der Waals surface area contributed by atoms with Crippen LogP contribution in [0.1, 0.15) is 24.6 Å². The molecule has 2 aromatic rings. The van der Waals surface area contributed by atoms with Crippen molar-refractivity contribution in [3.8, 4) is 5.75 Å². The van der Waals surface area contributed by atoms with Crippen LogP contribution in [0.15, 0.2) is 48.7 Å². The van der Waals surface area contributed by atoms with Gasteiger partial charge < -0.3 is 15.2 Å². The number of aromatic nitrogens is 1. The molecule has 0 aliphatic heterocycles. The maximum absolute atomic E-state index is 9.14. The topological polar surface area (TPSA) is 54.4 Å². The van der Waals surface area contributed by atoms with E-state index in [9.17, 15) is 0 Å². The van der Waals surface area contributed by atoms with Gasteiger partial charge in [0, 0.05) is 18.8 Å². The lowest BCUT2D eigenvalue weighted by atomic mass is 10.2. The van der Waals surface area contributed by atoms with Crippen LogP contribution in [0.2, 0.25) is 0 Å². The van der Waals surface area contributed by atoms with Gasteiger partial charge in [-0.25, -0.2) is 0 Å². The Bertz CT molecular complexity index is 510. The van der Waals surface area contributed by atoms with Gasteiger partial charge in [-0.1, -0.05) is 25.1 Å². The van der Waals surface area contributed by atoms with Crippen molar-refractivity contribution in [2.45, 2.75) is 32.5 Å². The van der Waals surface area contributed by atoms with Crippen molar-refractivity contribution >= 4 is 0 Å². The van der Waals surface area contributed by atoms with E-state index in [1.807, 2.05) is 42.5 Å². The number of aliphatic hydroxyl groups is 1. The van der Waals surface area contributed by atoms with Gasteiger partial charge in [-0.15, -0.1) is 0 Å². The maximum atomic E-state index is 9.14. The van der Waals surface area contributed by atoms with Crippen LogP contribution in [0.5, 0.6) is 5.75 Å². The van der Waals surface area contributed by atoms with E-state index in [-0.39, 0.29) is 12.6 Å². The Morgan fingerprint density at radius 3 is 2.62 bits per heavy atom. The number of pyridine rings is 1. The molecule has 21 heavy (non-hydrogen) atoms. The number of ether oxygens (including phenoxy) is 1. The molecule has 1 aromatic carbocycles. The summed E-state index contributed by atoms with van der Waals surface area (Å²) in [6, 6.07) is 13.9. The van der Waals surface area contributed by atoms with Crippen LogP contribution in [-0.4, -0.2) is 22.7 Å². The number of benzene rings is 1. The highest BCUT2D eigenvalue weighted by Crippen LogP contribution is 2.13. The van der Waals surface area contributed by atoms with Gasteiger partial charge in [0.05, 0.1) is 12.3 Å². The van der Waals surface area contributed by atoms with Crippen molar-refractivity contribution in [1.29, 1.82) is 0 Å². The molecule has 0 fully saturated rings. The molecule has 4 heteroatoms. The molecule has 0 spiro atoms. The largest absolute Gasteiger partial charge is 0.487 e. The van der Waals surface area contributed by atoms with Crippen molar-refractivity contribution in [3.63, 3.8) is 0 Å². The Morgan fingerprint density at radius 1 is 1.19 bits per heavy atom. The van der Waals surface area contributed by atoms with Gasteiger partial charge in [-0.3, -0.25) is 4.98 Å². The van der Waals surface area contributed by atoms with Crippen LogP contribution in [-0.2, 0) is 13.2 Å². The van der Waals surface area contributed by atoms with Crippen molar-refractivity contribution in [3.05, 3.63) is 59.9 Å². The Morgan fingerprint density at radius 2 is 2.00 bits per heavy atom. The zero-order chi connectivity index (χ0) is 14.9. The molecule has 0 aliphatic carbocycles. The van der Waals surface area contributed by atoms with Crippen LogP contribution in [0, 0.1) is 0 Å². The minimum atomic E-state index is 0.157. The zero-order valence-electron chi connectivity index (χ0n) is 12.3. The Balaban J connectivity index is 1.81. The number of nitrogens with one attached hydrogen (secondary N) is 1. The predicted molar refractivity (Wildman–Crippen MR) is 83.0 cm³/mol. The van der Waals surface area contributed by atoms with Crippen molar-refractivity contribution in [1.82, 2.24) is 10.3 Å². The molecule has 1 aromatic heterocycles. The van der Waals surface area contributed by atoms with Gasteiger partial charge in [0.2, 0.25) is 0 Å². The first kappa shape index (κ1) is 15.5. The smallest absolute Gasteiger partial charge is 0.130 e. The normalized spacial score (nSPS) is 12.1. The maximum Gasteiger partial charge on any atom is 0.130 e. The van der Waals surface area contributed by atoms with Crippen LogP contribution in [0.3, 0.4) is 0 Å². The summed E-state index contributed by atoms with van der Waals surface area (Å²) in [5.41, 5.74) is 2.09. The Hall–Kier alpha value is -1.91. The Kier molecular flexibility index (Phi) is 6.19. The third kappa shape index (κ3) is 5.17. The summed E-state index contributed by atoms with van der Waals surface area (Å²) in [4.78, 5) is 4.22. The summed E-state index contributed by atoms with van der Waals surface area (Å²) < 4.78 is 5.69. The first-order chi connectivity index (χ1) is 10.3. The third-order valence-corrected chi connectivity index (χ3v) is 3.34. The third-order valence-electron chi connectivity index (χ3n) is 3.34. The van der Waals surface area contributed by atoms with Gasteiger partial charge in [-0.2, -0.15) is 0 Å². The number of nitrogens with zero attached hydrogens (tertiary/aromatic N) is 1. The van der Waals surface area contributed by atoms with Crippen LogP contribution in [0.25, 0.3) is 0 Å². The average Bonchev–Trinajstić information content (AvgIpc) is 2.56. The molecule has 1 unspecified atom stereocenters. The molecule has 0 bridgehead atoms. The van der Waals surface area contributed by atoms with E-state index in [0.29, 0.717) is 6.61 Å². The summed E-state index contributed by atoms with van der Waals surface area (Å²) in [6.07, 6.45) is 2.68. The lowest BCUT2D eigenvalue weighted by molar-refractivity contribution is 0.238. The fraction of sp³-hybridized carbons (Fsp3) is 0.353. The van der Waals surface area contributed by atoms with Gasteiger partial charge in [0.25, 0.3) is 0 Å². The highest BCUT2D eigenvalue weighted by atomic mass is 16.5. The van der Waals surface area contributed by atoms with Crippen molar-refractivity contribution in [2.75, 3.05) is 6.61 Å². The van der Waals surface area contributed by atoms with Gasteiger partial charge in [-0.05, 0) is 36.2 Å². The van der Waals surface area contributed by atoms with E-state index in [4.69, 9.17) is 9.84 Å². The first-order valence-electron chi connectivity index (χ1n) is 7.27. The van der Waals surface area contributed by atoms with Gasteiger partial charge in [0.1, 0.15) is 12.4 Å². The fourth-order valence-corrected chi connectivity index (χ4v) is 1.94. The molecule has 1 atom stereocenters. The molecular weight excluding hydrogens is 264 g/mol. The molecular formula is C17H22N2O2. The van der Waals surface area contributed by atoms with E-state index in [2.05, 4.69) is 17.2 Å². The highest BCUT2D eigenvalue weighted by molar-refractivity contribution is 5.27. The summed E-state index contributed by atoms with van der Waals surface area (Å²) in [7, 11) is 0. The fourth-order valence-electron chi connectivity index (χ4n) is 1.94. The SMILES string of the molecule is CCC(CO)NCc1ccc(OCc2ccccn2)cc1. The van der Waals surface area contributed by atoms with Crippen LogP contribution in [0.4, 0.5) is 0 Å². The second kappa shape index (κ2) is 8.39. The molecule has 4 nitrogen and oxygen atoms in total. The molecule has 2 rings (SSSR count). The molecule has 0 radical (unpaired) electrons. The van der Waals surface area contributed by atoms with E-state index >= 15 is 0 Å². The first-order valence-corrected chi connectivity index (χ1v) is 7.27. The molecule has 0 saturated carbocycles. The monoisotopic (exact) mass is 286 g/mol. The van der Waals surface area contributed by atoms with Gasteiger partial charge >= 0.3 is 0 Å². The number of aliphatic hydroxyl groups excluding tert-OH is 1. The highest BCUT2D eigenvalue weighted by Gasteiger charge is 2.03. The molecule has 0 amide bonds. The predicted octanol–water partition coefficient (Wildman–Crippen LogP) is 2.52. The summed E-state index contributed by atoms with van der Waals surface area (Å²) >= 11 is 0. The average molecular weight is 286 g/mol. The summed E-state index contributed by atoms with van der Waals surface area (Å²) in [5, 5.41) is 12.4. The van der Waals surface area contributed by atoms with Gasteiger partial charge in [0.15, 0.2) is 0 Å².